The Morgan fingerprint density at radius 2 is 2.30 bits per heavy atom. The van der Waals surface area contributed by atoms with Crippen LogP contribution in [0, 0.1) is 5.92 Å². The standard InChI is InChI=1S/C17H16N2O3S/c1-22-10-11-7-16(20)19-15-8-12(4-5-14(11)15)18-17(21)9-13-3-2-6-23-13/h2-8,14H,9-10H2,1H3,(H,19,20). The van der Waals surface area contributed by atoms with Crippen molar-refractivity contribution in [1.82, 2.24) is 5.32 Å². The number of amides is 2. The van der Waals surface area contributed by atoms with Crippen LogP contribution >= 0.6 is 11.3 Å². The molecule has 2 heterocycles. The zero-order valence-electron chi connectivity index (χ0n) is 12.6. The van der Waals surface area contributed by atoms with Gasteiger partial charge in [0.15, 0.2) is 0 Å². The Labute approximate surface area is 138 Å². The third-order valence-corrected chi connectivity index (χ3v) is 4.43. The molecule has 5 nitrogen and oxygen atoms in total. The third-order valence-electron chi connectivity index (χ3n) is 3.55. The fourth-order valence-corrected chi connectivity index (χ4v) is 3.28. The average molecular weight is 328 g/mol. The van der Waals surface area contributed by atoms with E-state index in [-0.39, 0.29) is 17.7 Å². The Kier molecular flexibility index (Phi) is 4.64. The van der Waals surface area contributed by atoms with E-state index < -0.39 is 0 Å². The number of hydrogen-bond donors (Lipinski definition) is 1. The van der Waals surface area contributed by atoms with Crippen LogP contribution in [0.2, 0.25) is 0 Å². The Hall–Kier alpha value is -2.31. The van der Waals surface area contributed by atoms with Crippen molar-refractivity contribution in [3.05, 3.63) is 58.0 Å². The number of nitrogens with zero attached hydrogens (tertiary/aromatic N) is 1. The van der Waals surface area contributed by atoms with Crippen molar-refractivity contribution in [2.24, 2.45) is 10.9 Å². The summed E-state index contributed by atoms with van der Waals surface area (Å²) in [5.74, 6) is -0.407. The summed E-state index contributed by atoms with van der Waals surface area (Å²) < 4.78 is 5.14. The summed E-state index contributed by atoms with van der Waals surface area (Å²) >= 11 is 1.54. The second kappa shape index (κ2) is 6.85. The van der Waals surface area contributed by atoms with Crippen LogP contribution in [0.5, 0.6) is 0 Å². The average Bonchev–Trinajstić information content (AvgIpc) is 2.99. The third kappa shape index (κ3) is 3.72. The lowest BCUT2D eigenvalue weighted by Gasteiger charge is -2.27. The Bertz CT molecular complexity index is 742. The van der Waals surface area contributed by atoms with Crippen molar-refractivity contribution in [2.45, 2.75) is 6.42 Å². The zero-order valence-corrected chi connectivity index (χ0v) is 13.4. The first-order valence-electron chi connectivity index (χ1n) is 7.20. The summed E-state index contributed by atoms with van der Waals surface area (Å²) in [6.07, 6.45) is 7.33. The van der Waals surface area contributed by atoms with E-state index in [1.807, 2.05) is 29.7 Å². The van der Waals surface area contributed by atoms with Gasteiger partial charge in [-0.3, -0.25) is 9.59 Å². The number of carbonyl (C=O) groups excluding carboxylic acids is 2. The van der Waals surface area contributed by atoms with Gasteiger partial charge in [0, 0.05) is 29.7 Å². The van der Waals surface area contributed by atoms with Gasteiger partial charge in [-0.2, -0.15) is 0 Å². The first-order chi connectivity index (χ1) is 11.2. The van der Waals surface area contributed by atoms with Crippen LogP contribution in [0.3, 0.4) is 0 Å². The molecule has 0 fully saturated rings. The van der Waals surface area contributed by atoms with E-state index in [1.165, 1.54) is 11.3 Å². The molecule has 1 aromatic heterocycles. The zero-order chi connectivity index (χ0) is 16.2. The summed E-state index contributed by atoms with van der Waals surface area (Å²) in [4.78, 5) is 28.8. The van der Waals surface area contributed by atoms with E-state index in [1.54, 1.807) is 19.3 Å². The molecule has 1 unspecified atom stereocenters. The molecule has 2 aliphatic rings. The Balaban J connectivity index is 1.77. The maximum Gasteiger partial charge on any atom is 0.251 e. The van der Waals surface area contributed by atoms with Gasteiger partial charge in [0.2, 0.25) is 5.91 Å². The van der Waals surface area contributed by atoms with E-state index >= 15 is 0 Å². The van der Waals surface area contributed by atoms with Gasteiger partial charge in [0.25, 0.3) is 5.91 Å². The molecule has 3 rings (SSSR count). The Morgan fingerprint density at radius 3 is 3.04 bits per heavy atom. The number of rotatable bonds is 4. The van der Waals surface area contributed by atoms with E-state index in [4.69, 9.17) is 4.74 Å². The maximum atomic E-state index is 12.0. The molecule has 0 aromatic carbocycles. The largest absolute Gasteiger partial charge is 0.380 e. The van der Waals surface area contributed by atoms with Crippen LogP contribution in [0.1, 0.15) is 4.88 Å². The van der Waals surface area contributed by atoms with Gasteiger partial charge in [0.1, 0.15) is 0 Å². The minimum atomic E-state index is -0.197. The molecule has 1 aliphatic carbocycles. The number of methoxy groups -OCH3 is 1. The van der Waals surface area contributed by atoms with Crippen LogP contribution in [-0.2, 0) is 20.7 Å². The second-order valence-corrected chi connectivity index (χ2v) is 6.30. The predicted molar refractivity (Wildman–Crippen MR) is 89.3 cm³/mol. The normalized spacial score (nSPS) is 21.5. The van der Waals surface area contributed by atoms with Crippen molar-refractivity contribution < 1.29 is 14.3 Å². The first kappa shape index (κ1) is 15.6. The summed E-state index contributed by atoms with van der Waals surface area (Å²) in [5, 5.41) is 4.74. The Morgan fingerprint density at radius 1 is 1.43 bits per heavy atom. The molecule has 1 N–H and O–H groups in total. The van der Waals surface area contributed by atoms with Gasteiger partial charge in [0.05, 0.1) is 18.7 Å². The van der Waals surface area contributed by atoms with Crippen LogP contribution in [0.25, 0.3) is 0 Å². The minimum absolute atomic E-state index is 0.0287. The van der Waals surface area contributed by atoms with E-state index in [0.717, 1.165) is 16.1 Å². The second-order valence-electron chi connectivity index (χ2n) is 5.26. The number of ether oxygens (including phenoxy) is 1. The van der Waals surface area contributed by atoms with Crippen molar-refractivity contribution >= 4 is 28.9 Å². The fourth-order valence-electron chi connectivity index (χ4n) is 2.58. The van der Waals surface area contributed by atoms with Crippen molar-refractivity contribution in [3.63, 3.8) is 0 Å². The van der Waals surface area contributed by atoms with E-state index in [2.05, 4.69) is 10.3 Å². The summed E-state index contributed by atoms with van der Waals surface area (Å²) in [7, 11) is 1.60. The molecule has 0 saturated heterocycles. The lowest BCUT2D eigenvalue weighted by Crippen LogP contribution is -2.34. The SMILES string of the molecule is COCC1=CC(=O)NC2=CC(=NC(=O)Cc3cccs3)C=CC12. The van der Waals surface area contributed by atoms with Gasteiger partial charge in [-0.15, -0.1) is 11.3 Å². The number of nitrogens with one attached hydrogen (secondary N) is 1. The summed E-state index contributed by atoms with van der Waals surface area (Å²) in [5.41, 5.74) is 2.18. The fraction of sp³-hybridized carbons (Fsp3) is 0.235. The monoisotopic (exact) mass is 328 g/mol. The van der Waals surface area contributed by atoms with Crippen LogP contribution < -0.4 is 5.32 Å². The smallest absolute Gasteiger partial charge is 0.251 e. The van der Waals surface area contributed by atoms with Gasteiger partial charge in [-0.25, -0.2) is 4.99 Å². The highest BCUT2D eigenvalue weighted by Gasteiger charge is 2.26. The van der Waals surface area contributed by atoms with E-state index in [0.29, 0.717) is 18.7 Å². The number of aliphatic imine (C=N–C) groups is 1. The van der Waals surface area contributed by atoms with Crippen LogP contribution in [0.15, 0.2) is 58.1 Å². The van der Waals surface area contributed by atoms with Gasteiger partial charge in [-0.05, 0) is 29.2 Å². The predicted octanol–water partition coefficient (Wildman–Crippen LogP) is 2.03. The highest BCUT2D eigenvalue weighted by atomic mass is 32.1. The first-order valence-corrected chi connectivity index (χ1v) is 8.08. The molecule has 6 heteroatoms. The van der Waals surface area contributed by atoms with Crippen molar-refractivity contribution in [2.75, 3.05) is 13.7 Å². The summed E-state index contributed by atoms with van der Waals surface area (Å²) in [6.45, 7) is 0.392. The van der Waals surface area contributed by atoms with Crippen molar-refractivity contribution in [1.29, 1.82) is 0 Å². The molecule has 1 aliphatic heterocycles. The number of hydrogen-bond acceptors (Lipinski definition) is 4. The summed E-state index contributed by atoms with van der Waals surface area (Å²) in [6, 6.07) is 3.83. The lowest BCUT2D eigenvalue weighted by atomic mass is 9.88. The molecule has 118 valence electrons. The maximum absolute atomic E-state index is 12.0. The topological polar surface area (TPSA) is 67.8 Å². The molecular weight excluding hydrogens is 312 g/mol. The quantitative estimate of drug-likeness (QED) is 0.919. The number of thiophene rings is 1. The van der Waals surface area contributed by atoms with Crippen LogP contribution in [-0.4, -0.2) is 31.2 Å². The van der Waals surface area contributed by atoms with Gasteiger partial charge in [-0.1, -0.05) is 12.1 Å². The molecule has 0 spiro atoms. The molecule has 1 aromatic rings. The molecule has 0 radical (unpaired) electrons. The molecule has 0 bridgehead atoms. The van der Waals surface area contributed by atoms with Gasteiger partial charge >= 0.3 is 0 Å². The molecule has 1 atom stereocenters. The number of carbonyl (C=O) groups is 2. The minimum Gasteiger partial charge on any atom is -0.380 e. The molecule has 23 heavy (non-hydrogen) atoms. The molecule has 0 saturated carbocycles. The number of allylic oxidation sites excluding steroid dienone is 3. The van der Waals surface area contributed by atoms with Crippen molar-refractivity contribution in [3.8, 4) is 0 Å². The van der Waals surface area contributed by atoms with E-state index in [9.17, 15) is 9.59 Å². The van der Waals surface area contributed by atoms with Gasteiger partial charge < -0.3 is 10.1 Å². The molecular formula is C17H16N2O3S. The van der Waals surface area contributed by atoms with Crippen LogP contribution in [0.4, 0.5) is 0 Å². The molecule has 2 amide bonds. The lowest BCUT2D eigenvalue weighted by molar-refractivity contribution is -0.117. The highest BCUT2D eigenvalue weighted by Crippen LogP contribution is 2.27. The number of fused-ring (bicyclic) bond motifs is 1. The highest BCUT2D eigenvalue weighted by molar-refractivity contribution is 7.10.